The van der Waals surface area contributed by atoms with E-state index in [0.29, 0.717) is 0 Å². The highest BCUT2D eigenvalue weighted by molar-refractivity contribution is 5.89. The first-order chi connectivity index (χ1) is 11.5. The lowest BCUT2D eigenvalue weighted by Crippen LogP contribution is -2.16. The van der Waals surface area contributed by atoms with Gasteiger partial charge < -0.3 is 10.2 Å². The van der Waals surface area contributed by atoms with Crippen LogP contribution in [-0.2, 0) is 4.79 Å². The third-order valence-corrected chi connectivity index (χ3v) is 3.68. The van der Waals surface area contributed by atoms with E-state index in [1.54, 1.807) is 12.1 Å². The Hall–Kier alpha value is -3.14. The molecule has 0 saturated carbocycles. The molecule has 0 saturated heterocycles. The van der Waals surface area contributed by atoms with E-state index in [0.717, 1.165) is 28.2 Å². The smallest absolute Gasteiger partial charge is 0.221 e. The van der Waals surface area contributed by atoms with E-state index < -0.39 is 0 Å². The zero-order chi connectivity index (χ0) is 17.1. The van der Waals surface area contributed by atoms with Crippen LogP contribution in [0.25, 0.3) is 5.57 Å². The van der Waals surface area contributed by atoms with Gasteiger partial charge in [0.05, 0.1) is 0 Å². The lowest BCUT2D eigenvalue weighted by atomic mass is 10.0. The van der Waals surface area contributed by atoms with Gasteiger partial charge in [-0.2, -0.15) is 0 Å². The lowest BCUT2D eigenvalue weighted by Gasteiger charge is -2.25. The minimum atomic E-state index is -0.256. The highest BCUT2D eigenvalue weighted by atomic mass is 19.1. The molecule has 0 aromatic heterocycles. The van der Waals surface area contributed by atoms with Gasteiger partial charge in [-0.3, -0.25) is 4.79 Å². The summed E-state index contributed by atoms with van der Waals surface area (Å²) in [7, 11) is 0. The fourth-order valence-electron chi connectivity index (χ4n) is 2.49. The summed E-state index contributed by atoms with van der Waals surface area (Å²) in [6.45, 7) is 5.52. The summed E-state index contributed by atoms with van der Waals surface area (Å²) in [5, 5.41) is 2.74. The summed E-state index contributed by atoms with van der Waals surface area (Å²) in [5.74, 6) is -0.361. The molecule has 24 heavy (non-hydrogen) atoms. The normalized spacial score (nSPS) is 13.7. The van der Waals surface area contributed by atoms with Crippen molar-refractivity contribution in [3.63, 3.8) is 0 Å². The SMILES string of the molecule is C=C1C=CC(c2ccc(F)cc2)=CN1c1ccc(NC(C)=O)cc1. The summed E-state index contributed by atoms with van der Waals surface area (Å²) in [6.07, 6.45) is 5.83. The molecule has 1 N–H and O–H groups in total. The predicted molar refractivity (Wildman–Crippen MR) is 95.9 cm³/mol. The highest BCUT2D eigenvalue weighted by Gasteiger charge is 2.12. The molecule has 120 valence electrons. The van der Waals surface area contributed by atoms with Crippen molar-refractivity contribution in [2.24, 2.45) is 0 Å². The Balaban J connectivity index is 1.88. The minimum Gasteiger partial charge on any atom is -0.326 e. The van der Waals surface area contributed by atoms with E-state index in [-0.39, 0.29) is 11.7 Å². The number of anilines is 2. The third kappa shape index (κ3) is 3.43. The number of hydrogen-bond donors (Lipinski definition) is 1. The van der Waals surface area contributed by atoms with Crippen molar-refractivity contribution >= 4 is 22.9 Å². The Bertz CT molecular complexity index is 833. The number of hydrogen-bond acceptors (Lipinski definition) is 2. The van der Waals surface area contributed by atoms with Crippen molar-refractivity contribution in [1.82, 2.24) is 0 Å². The van der Waals surface area contributed by atoms with Gasteiger partial charge in [-0.15, -0.1) is 0 Å². The van der Waals surface area contributed by atoms with Gasteiger partial charge in [0.2, 0.25) is 5.91 Å². The molecule has 0 aliphatic carbocycles. The molecule has 1 heterocycles. The fraction of sp³-hybridized carbons (Fsp3) is 0.0500. The van der Waals surface area contributed by atoms with E-state index >= 15 is 0 Å². The molecule has 4 heteroatoms. The van der Waals surface area contributed by atoms with E-state index in [1.165, 1.54) is 19.1 Å². The number of amides is 1. The largest absolute Gasteiger partial charge is 0.326 e. The van der Waals surface area contributed by atoms with Crippen molar-refractivity contribution in [3.8, 4) is 0 Å². The van der Waals surface area contributed by atoms with Crippen molar-refractivity contribution in [2.45, 2.75) is 6.92 Å². The molecule has 2 aromatic rings. The number of carbonyl (C=O) groups excluding carboxylic acids is 1. The average molecular weight is 320 g/mol. The molecule has 2 aromatic carbocycles. The zero-order valence-corrected chi connectivity index (χ0v) is 13.3. The first kappa shape index (κ1) is 15.7. The molecule has 1 aliphatic rings. The Morgan fingerprint density at radius 3 is 2.33 bits per heavy atom. The number of rotatable bonds is 3. The van der Waals surface area contributed by atoms with Gasteiger partial charge in [-0.1, -0.05) is 24.8 Å². The quantitative estimate of drug-likeness (QED) is 0.888. The van der Waals surface area contributed by atoms with Crippen LogP contribution in [0.2, 0.25) is 0 Å². The molecular weight excluding hydrogens is 303 g/mol. The number of nitrogens with zero attached hydrogens (tertiary/aromatic N) is 1. The second kappa shape index (κ2) is 6.54. The minimum absolute atomic E-state index is 0.105. The first-order valence-corrected chi connectivity index (χ1v) is 7.54. The lowest BCUT2D eigenvalue weighted by molar-refractivity contribution is -0.114. The molecule has 0 spiro atoms. The topological polar surface area (TPSA) is 32.3 Å². The maximum absolute atomic E-state index is 13.1. The Kier molecular flexibility index (Phi) is 4.29. The monoisotopic (exact) mass is 320 g/mol. The highest BCUT2D eigenvalue weighted by Crippen LogP contribution is 2.29. The van der Waals surface area contributed by atoms with Gasteiger partial charge in [0.15, 0.2) is 0 Å². The van der Waals surface area contributed by atoms with Gasteiger partial charge in [0.25, 0.3) is 0 Å². The predicted octanol–water partition coefficient (Wildman–Crippen LogP) is 4.72. The molecule has 1 amide bonds. The van der Waals surface area contributed by atoms with Crippen molar-refractivity contribution in [1.29, 1.82) is 0 Å². The molecular formula is C20H17FN2O. The zero-order valence-electron chi connectivity index (χ0n) is 13.3. The van der Waals surface area contributed by atoms with Gasteiger partial charge in [0.1, 0.15) is 5.82 Å². The van der Waals surface area contributed by atoms with E-state index in [9.17, 15) is 9.18 Å². The van der Waals surface area contributed by atoms with Crippen LogP contribution in [0.1, 0.15) is 12.5 Å². The van der Waals surface area contributed by atoms with Gasteiger partial charge in [-0.05, 0) is 53.6 Å². The summed E-state index contributed by atoms with van der Waals surface area (Å²) >= 11 is 0. The van der Waals surface area contributed by atoms with Crippen LogP contribution in [0.3, 0.4) is 0 Å². The van der Waals surface area contributed by atoms with Crippen LogP contribution >= 0.6 is 0 Å². The van der Waals surface area contributed by atoms with Crippen LogP contribution in [0.4, 0.5) is 15.8 Å². The molecule has 0 radical (unpaired) electrons. The fourth-order valence-corrected chi connectivity index (χ4v) is 2.49. The summed E-state index contributed by atoms with van der Waals surface area (Å²) in [6, 6.07) is 13.9. The van der Waals surface area contributed by atoms with Gasteiger partial charge in [-0.25, -0.2) is 4.39 Å². The van der Waals surface area contributed by atoms with E-state index in [1.807, 2.05) is 47.5 Å². The molecule has 0 atom stereocenters. The molecule has 3 nitrogen and oxygen atoms in total. The average Bonchev–Trinajstić information content (AvgIpc) is 2.56. The van der Waals surface area contributed by atoms with Crippen LogP contribution in [0.5, 0.6) is 0 Å². The van der Waals surface area contributed by atoms with Gasteiger partial charge >= 0.3 is 0 Å². The van der Waals surface area contributed by atoms with Crippen LogP contribution in [-0.4, -0.2) is 5.91 Å². The summed E-state index contributed by atoms with van der Waals surface area (Å²) in [4.78, 5) is 13.0. The second-order valence-electron chi connectivity index (χ2n) is 5.51. The van der Waals surface area contributed by atoms with Gasteiger partial charge in [0, 0.05) is 30.2 Å². The molecule has 0 fully saturated rings. The molecule has 0 unspecified atom stereocenters. The summed E-state index contributed by atoms with van der Waals surface area (Å²) < 4.78 is 13.1. The Morgan fingerprint density at radius 2 is 1.71 bits per heavy atom. The van der Waals surface area contributed by atoms with E-state index in [2.05, 4.69) is 11.9 Å². The number of nitrogens with one attached hydrogen (secondary N) is 1. The maximum atomic E-state index is 13.1. The standard InChI is InChI=1S/C20H17FN2O/c1-14-3-4-17(16-5-7-18(21)8-6-16)13-23(14)20-11-9-19(10-12-20)22-15(2)24/h3-13H,1H2,2H3,(H,22,24). The number of allylic oxidation sites excluding steroid dienone is 3. The van der Waals surface area contributed by atoms with Crippen molar-refractivity contribution < 1.29 is 9.18 Å². The first-order valence-electron chi connectivity index (χ1n) is 7.54. The van der Waals surface area contributed by atoms with Crippen molar-refractivity contribution in [3.05, 3.63) is 90.5 Å². The number of halogens is 1. The summed E-state index contributed by atoms with van der Waals surface area (Å²) in [5.41, 5.74) is 4.40. The van der Waals surface area contributed by atoms with Crippen LogP contribution in [0.15, 0.2) is 79.2 Å². The molecule has 0 bridgehead atoms. The Labute approximate surface area is 140 Å². The van der Waals surface area contributed by atoms with Crippen LogP contribution in [0, 0.1) is 5.82 Å². The van der Waals surface area contributed by atoms with E-state index in [4.69, 9.17) is 0 Å². The number of benzene rings is 2. The van der Waals surface area contributed by atoms with Crippen LogP contribution < -0.4 is 10.2 Å². The second-order valence-corrected chi connectivity index (χ2v) is 5.51. The third-order valence-electron chi connectivity index (χ3n) is 3.68. The van der Waals surface area contributed by atoms with Crippen molar-refractivity contribution in [2.75, 3.05) is 10.2 Å². The molecule has 3 rings (SSSR count). The Morgan fingerprint density at radius 1 is 1.04 bits per heavy atom. The number of carbonyl (C=O) groups is 1. The molecule has 1 aliphatic heterocycles. The maximum Gasteiger partial charge on any atom is 0.221 e.